The smallest absolute Gasteiger partial charge is 0.475 e. The van der Waals surface area contributed by atoms with Gasteiger partial charge >= 0.3 is 12.1 Å². The second-order valence-electron chi connectivity index (χ2n) is 9.09. The van der Waals surface area contributed by atoms with Crippen LogP contribution in [0.3, 0.4) is 0 Å². The minimum absolute atomic E-state index is 0.00390. The fourth-order valence-electron chi connectivity index (χ4n) is 4.32. The average Bonchev–Trinajstić information content (AvgIpc) is 3.11. The summed E-state index contributed by atoms with van der Waals surface area (Å²) in [5.74, 6) is -3.09. The van der Waals surface area contributed by atoms with Gasteiger partial charge in [-0.3, -0.25) is 14.0 Å². The van der Waals surface area contributed by atoms with Crippen LogP contribution >= 0.6 is 23.2 Å². The minimum Gasteiger partial charge on any atom is -0.475 e. The number of amides is 1. The third kappa shape index (κ3) is 6.99. The molecule has 0 atom stereocenters. The Bertz CT molecular complexity index is 1660. The number of hydrogen-bond donors (Lipinski definition) is 2. The highest BCUT2D eigenvalue weighted by Crippen LogP contribution is 2.27. The maximum absolute atomic E-state index is 14.8. The quantitative estimate of drug-likeness (QED) is 0.320. The molecule has 42 heavy (non-hydrogen) atoms. The third-order valence-corrected chi connectivity index (χ3v) is 7.05. The highest BCUT2D eigenvalue weighted by Gasteiger charge is 2.38. The van der Waals surface area contributed by atoms with Gasteiger partial charge in [0.1, 0.15) is 16.5 Å². The van der Waals surface area contributed by atoms with Gasteiger partial charge in [-0.05, 0) is 36.2 Å². The topological polar surface area (TPSA) is 124 Å². The molecule has 1 aliphatic heterocycles. The molecular weight excluding hydrogens is 607 g/mol. The summed E-state index contributed by atoms with van der Waals surface area (Å²) in [6, 6.07) is 7.70. The van der Waals surface area contributed by atoms with Crippen molar-refractivity contribution in [3.05, 3.63) is 92.1 Å². The molecule has 0 saturated carbocycles. The molecule has 2 N–H and O–H groups in total. The number of aromatic nitrogens is 4. The van der Waals surface area contributed by atoms with Gasteiger partial charge < -0.3 is 19.9 Å². The van der Waals surface area contributed by atoms with Crippen molar-refractivity contribution >= 4 is 46.5 Å². The number of hydrogen-bond acceptors (Lipinski definition) is 6. The van der Waals surface area contributed by atoms with Crippen LogP contribution in [0.4, 0.5) is 23.5 Å². The largest absolute Gasteiger partial charge is 0.490 e. The molecule has 0 radical (unpaired) electrons. The molecule has 0 spiro atoms. The number of carboxylic acids is 1. The molecule has 222 valence electrons. The van der Waals surface area contributed by atoms with Crippen molar-refractivity contribution < 1.29 is 32.3 Å². The number of carboxylic acid groups (broad SMARTS) is 1. The van der Waals surface area contributed by atoms with Crippen LogP contribution in [0.2, 0.25) is 10.2 Å². The number of rotatable bonds is 4. The van der Waals surface area contributed by atoms with Crippen LogP contribution in [0.25, 0.3) is 5.52 Å². The van der Waals surface area contributed by atoms with Gasteiger partial charge in [0.15, 0.2) is 0 Å². The van der Waals surface area contributed by atoms with Crippen molar-refractivity contribution in [1.82, 2.24) is 24.3 Å². The number of alkyl halides is 3. The SMILES string of the molecule is O=C(O)C(F)(F)F.O=C(c1cc(Cc2c[nH]c(=O)c3cc(Cl)c(Cl)n23)ccc1F)N1CCCN(c2ncccn2)CC1. The van der Waals surface area contributed by atoms with Gasteiger partial charge in [-0.2, -0.15) is 13.2 Å². The van der Waals surface area contributed by atoms with E-state index in [1.165, 1.54) is 18.3 Å². The number of anilines is 1. The second kappa shape index (κ2) is 12.8. The maximum atomic E-state index is 14.8. The van der Waals surface area contributed by atoms with Crippen LogP contribution in [0, 0.1) is 5.82 Å². The molecule has 1 aliphatic rings. The zero-order chi connectivity index (χ0) is 30.6. The van der Waals surface area contributed by atoms with Gasteiger partial charge in [0.25, 0.3) is 11.5 Å². The first-order chi connectivity index (χ1) is 19.9. The molecule has 16 heteroatoms. The number of carbonyl (C=O) groups excluding carboxylic acids is 1. The molecule has 0 unspecified atom stereocenters. The highest BCUT2D eigenvalue weighted by atomic mass is 35.5. The van der Waals surface area contributed by atoms with Crippen LogP contribution in [0.1, 0.15) is 28.0 Å². The van der Waals surface area contributed by atoms with Crippen LogP contribution in [-0.2, 0) is 11.2 Å². The summed E-state index contributed by atoms with van der Waals surface area (Å²) in [5.41, 5.74) is 1.33. The van der Waals surface area contributed by atoms with Gasteiger partial charge in [0.05, 0.1) is 10.6 Å². The van der Waals surface area contributed by atoms with Crippen LogP contribution in [0.15, 0.2) is 53.7 Å². The van der Waals surface area contributed by atoms with Crippen molar-refractivity contribution in [3.8, 4) is 0 Å². The lowest BCUT2D eigenvalue weighted by molar-refractivity contribution is -0.192. The van der Waals surface area contributed by atoms with E-state index >= 15 is 0 Å². The summed E-state index contributed by atoms with van der Waals surface area (Å²) in [6.07, 6.45) is 0.840. The van der Waals surface area contributed by atoms with E-state index in [4.69, 9.17) is 33.1 Å². The number of halogens is 6. The number of benzene rings is 1. The number of fused-ring (bicyclic) bond motifs is 1. The lowest BCUT2D eigenvalue weighted by Gasteiger charge is -2.22. The van der Waals surface area contributed by atoms with Crippen molar-refractivity contribution in [2.75, 3.05) is 31.1 Å². The summed E-state index contributed by atoms with van der Waals surface area (Å²) in [7, 11) is 0. The second-order valence-corrected chi connectivity index (χ2v) is 9.85. The summed E-state index contributed by atoms with van der Waals surface area (Å²) < 4.78 is 48.1. The Kier molecular flexibility index (Phi) is 9.36. The van der Waals surface area contributed by atoms with E-state index < -0.39 is 18.0 Å². The lowest BCUT2D eigenvalue weighted by atomic mass is 10.0. The minimum atomic E-state index is -5.08. The number of carbonyl (C=O) groups is 2. The van der Waals surface area contributed by atoms with E-state index in [1.54, 1.807) is 39.9 Å². The normalized spacial score (nSPS) is 13.9. The first kappa shape index (κ1) is 30.8. The molecule has 0 bridgehead atoms. The van der Waals surface area contributed by atoms with Crippen molar-refractivity contribution in [3.63, 3.8) is 0 Å². The molecule has 1 saturated heterocycles. The third-order valence-electron chi connectivity index (χ3n) is 6.29. The molecule has 3 aromatic heterocycles. The van der Waals surface area contributed by atoms with Crippen molar-refractivity contribution in [1.29, 1.82) is 0 Å². The zero-order valence-electron chi connectivity index (χ0n) is 21.5. The standard InChI is InChI=1S/C24H21Cl2FN6O2.C2HF3O2/c25-18-13-20-22(34)30-14-16(33(20)21(18)26)11-15-3-4-19(27)17(12-15)23(35)31-7-2-8-32(10-9-31)24-28-5-1-6-29-24;3-2(4,5)1(6)7/h1,3-6,12-14H,2,7-11H2,(H,30,34);(H,6,7). The number of nitrogens with one attached hydrogen (secondary N) is 1. The number of aliphatic carboxylic acids is 1. The van der Waals surface area contributed by atoms with Crippen LogP contribution in [-0.4, -0.2) is 73.6 Å². The average molecular weight is 629 g/mol. The summed E-state index contributed by atoms with van der Waals surface area (Å²) in [5, 5.41) is 7.60. The van der Waals surface area contributed by atoms with Gasteiger partial charge in [0.2, 0.25) is 5.95 Å². The Labute approximate surface area is 245 Å². The predicted molar refractivity (Wildman–Crippen MR) is 146 cm³/mol. The van der Waals surface area contributed by atoms with Gasteiger partial charge in [0, 0.05) is 56.9 Å². The number of H-pyrrole nitrogens is 1. The molecule has 1 aromatic carbocycles. The molecule has 0 aliphatic carbocycles. The van der Waals surface area contributed by atoms with E-state index in [0.29, 0.717) is 61.7 Å². The summed E-state index contributed by atoms with van der Waals surface area (Å²) in [4.78, 5) is 49.2. The predicted octanol–water partition coefficient (Wildman–Crippen LogP) is 4.44. The first-order valence-corrected chi connectivity index (χ1v) is 13.1. The number of aromatic amines is 1. The van der Waals surface area contributed by atoms with Crippen molar-refractivity contribution in [2.24, 2.45) is 0 Å². The van der Waals surface area contributed by atoms with Gasteiger partial charge in [-0.15, -0.1) is 0 Å². The van der Waals surface area contributed by atoms with Crippen molar-refractivity contribution in [2.45, 2.75) is 19.0 Å². The molecule has 1 fully saturated rings. The van der Waals surface area contributed by atoms with E-state index in [-0.39, 0.29) is 27.2 Å². The summed E-state index contributed by atoms with van der Waals surface area (Å²) >= 11 is 12.4. The van der Waals surface area contributed by atoms with Gasteiger partial charge in [-0.25, -0.2) is 19.2 Å². The maximum Gasteiger partial charge on any atom is 0.490 e. The Balaban J connectivity index is 0.000000517. The summed E-state index contributed by atoms with van der Waals surface area (Å²) in [6.45, 7) is 2.20. The fraction of sp³-hybridized carbons (Fsp3) is 0.269. The Morgan fingerprint density at radius 3 is 2.40 bits per heavy atom. The first-order valence-electron chi connectivity index (χ1n) is 12.3. The molecule has 10 nitrogen and oxygen atoms in total. The van der Waals surface area contributed by atoms with Crippen LogP contribution in [0.5, 0.6) is 0 Å². The Morgan fingerprint density at radius 1 is 1.05 bits per heavy atom. The lowest BCUT2D eigenvalue weighted by Crippen LogP contribution is -2.36. The highest BCUT2D eigenvalue weighted by molar-refractivity contribution is 6.42. The van der Waals surface area contributed by atoms with E-state index in [1.807, 2.05) is 4.90 Å². The number of nitrogens with zero attached hydrogens (tertiary/aromatic N) is 5. The Morgan fingerprint density at radius 2 is 1.74 bits per heavy atom. The van der Waals surface area contributed by atoms with E-state index in [9.17, 15) is 27.2 Å². The molecule has 4 aromatic rings. The monoisotopic (exact) mass is 628 g/mol. The molecular formula is C26H22Cl2F4N6O4. The van der Waals surface area contributed by atoms with Crippen LogP contribution < -0.4 is 10.5 Å². The fourth-order valence-corrected chi connectivity index (χ4v) is 4.76. The van der Waals surface area contributed by atoms with E-state index in [0.717, 1.165) is 0 Å². The Hall–Kier alpha value is -4.17. The van der Waals surface area contributed by atoms with E-state index in [2.05, 4.69) is 15.0 Å². The zero-order valence-corrected chi connectivity index (χ0v) is 23.0. The molecule has 1 amide bonds. The molecule has 4 heterocycles. The molecule has 5 rings (SSSR count). The van der Waals surface area contributed by atoms with Gasteiger partial charge in [-0.1, -0.05) is 29.3 Å².